The molecular formula is C9H6ClNO4. The second-order valence-corrected chi connectivity index (χ2v) is 3.06. The van der Waals surface area contributed by atoms with Crippen molar-refractivity contribution >= 4 is 29.1 Å². The molecule has 1 N–H and O–H groups in total. The minimum atomic E-state index is -0.672. The number of nitrogens with zero attached hydrogens (tertiary/aromatic N) is 1. The third-order valence-electron chi connectivity index (χ3n) is 1.73. The lowest BCUT2D eigenvalue weighted by Gasteiger charge is -2.01. The molecule has 0 aromatic heterocycles. The minimum absolute atomic E-state index is 0.0295. The maximum absolute atomic E-state index is 10.6. The van der Waals surface area contributed by atoms with Crippen molar-refractivity contribution in [3.05, 3.63) is 45.2 Å². The monoisotopic (exact) mass is 227 g/mol. The van der Waals surface area contributed by atoms with Crippen LogP contribution < -0.4 is 0 Å². The van der Waals surface area contributed by atoms with Crippen LogP contribution in [0.25, 0.3) is 5.57 Å². The lowest BCUT2D eigenvalue weighted by Crippen LogP contribution is -1.96. The Morgan fingerprint density at radius 3 is 2.67 bits per heavy atom. The van der Waals surface area contributed by atoms with Crippen molar-refractivity contribution in [1.82, 2.24) is 0 Å². The highest BCUT2D eigenvalue weighted by molar-refractivity contribution is 6.31. The Kier molecular flexibility index (Phi) is 3.41. The van der Waals surface area contributed by atoms with Gasteiger partial charge in [0, 0.05) is 11.1 Å². The molecule has 6 heteroatoms. The molecule has 0 spiro atoms. The number of rotatable bonds is 3. The van der Waals surface area contributed by atoms with Gasteiger partial charge in [-0.2, -0.15) is 0 Å². The summed E-state index contributed by atoms with van der Waals surface area (Å²) in [5, 5.41) is 19.5. The number of aldehydes is 1. The Labute approximate surface area is 89.7 Å². The number of benzene rings is 1. The Morgan fingerprint density at radius 2 is 2.20 bits per heavy atom. The van der Waals surface area contributed by atoms with Gasteiger partial charge in [0.25, 0.3) is 5.69 Å². The van der Waals surface area contributed by atoms with Crippen LogP contribution in [0.5, 0.6) is 0 Å². The summed E-state index contributed by atoms with van der Waals surface area (Å²) in [5.41, 5.74) is -0.463. The first-order valence-corrected chi connectivity index (χ1v) is 4.21. The number of aliphatic hydroxyl groups is 1. The average molecular weight is 228 g/mol. The fourth-order valence-corrected chi connectivity index (χ4v) is 1.23. The molecule has 15 heavy (non-hydrogen) atoms. The van der Waals surface area contributed by atoms with Crippen molar-refractivity contribution in [1.29, 1.82) is 0 Å². The van der Waals surface area contributed by atoms with E-state index in [1.54, 1.807) is 0 Å². The van der Waals surface area contributed by atoms with E-state index >= 15 is 0 Å². The van der Waals surface area contributed by atoms with Gasteiger partial charge in [0.2, 0.25) is 0 Å². The number of nitro benzene ring substituents is 1. The van der Waals surface area contributed by atoms with Crippen molar-refractivity contribution in [3.63, 3.8) is 0 Å². The third-order valence-corrected chi connectivity index (χ3v) is 1.97. The van der Waals surface area contributed by atoms with Crippen LogP contribution in [0.2, 0.25) is 5.02 Å². The standard InChI is InChI=1S/C9H6ClNO4/c10-7-1-2-8(6(4-12)5-13)9(3-7)11(14)15/h1-5,12H/b6-4-. The van der Waals surface area contributed by atoms with Gasteiger partial charge >= 0.3 is 0 Å². The molecule has 0 radical (unpaired) electrons. The van der Waals surface area contributed by atoms with Gasteiger partial charge in [0.1, 0.15) is 0 Å². The summed E-state index contributed by atoms with van der Waals surface area (Å²) in [5.74, 6) is 0. The molecule has 0 saturated carbocycles. The van der Waals surface area contributed by atoms with E-state index in [2.05, 4.69) is 0 Å². The normalized spacial score (nSPS) is 11.1. The van der Waals surface area contributed by atoms with Crippen molar-refractivity contribution in [2.75, 3.05) is 0 Å². The summed E-state index contributed by atoms with van der Waals surface area (Å²) in [6.45, 7) is 0. The Hall–Kier alpha value is -1.88. The molecule has 0 amide bonds. The van der Waals surface area contributed by atoms with Gasteiger partial charge in [-0.1, -0.05) is 11.6 Å². The predicted molar refractivity (Wildman–Crippen MR) is 54.8 cm³/mol. The number of carbonyl (C=O) groups is 1. The highest BCUT2D eigenvalue weighted by atomic mass is 35.5. The van der Waals surface area contributed by atoms with Crippen LogP contribution >= 0.6 is 11.6 Å². The first-order valence-electron chi connectivity index (χ1n) is 3.84. The molecular weight excluding hydrogens is 222 g/mol. The molecule has 0 bridgehead atoms. The van der Waals surface area contributed by atoms with Gasteiger partial charge in [-0.15, -0.1) is 0 Å². The zero-order chi connectivity index (χ0) is 11.4. The molecule has 0 saturated heterocycles. The molecule has 1 aromatic carbocycles. The molecule has 0 aliphatic carbocycles. The van der Waals surface area contributed by atoms with E-state index in [1.165, 1.54) is 12.1 Å². The molecule has 1 aromatic rings. The number of halogens is 1. The van der Waals surface area contributed by atoms with Gasteiger partial charge in [0.15, 0.2) is 6.29 Å². The number of hydrogen-bond donors (Lipinski definition) is 1. The maximum Gasteiger partial charge on any atom is 0.278 e. The lowest BCUT2D eigenvalue weighted by atomic mass is 10.1. The molecule has 0 aliphatic rings. The highest BCUT2D eigenvalue weighted by Gasteiger charge is 2.17. The fraction of sp³-hybridized carbons (Fsp3) is 0. The van der Waals surface area contributed by atoms with Crippen molar-refractivity contribution in [2.45, 2.75) is 0 Å². The van der Waals surface area contributed by atoms with Crippen molar-refractivity contribution < 1.29 is 14.8 Å². The second-order valence-electron chi connectivity index (χ2n) is 2.62. The molecule has 0 fully saturated rings. The van der Waals surface area contributed by atoms with Gasteiger partial charge < -0.3 is 5.11 Å². The maximum atomic E-state index is 10.6. The first kappa shape index (κ1) is 11.2. The number of aliphatic hydroxyl groups excluding tert-OH is 1. The number of nitro groups is 1. The Balaban J connectivity index is 3.41. The summed E-state index contributed by atoms with van der Waals surface area (Å²) in [4.78, 5) is 20.5. The van der Waals surface area contributed by atoms with Crippen LogP contribution in [0, 0.1) is 10.1 Å². The van der Waals surface area contributed by atoms with Gasteiger partial charge in [-0.05, 0) is 12.1 Å². The highest BCUT2D eigenvalue weighted by Crippen LogP contribution is 2.27. The van der Waals surface area contributed by atoms with E-state index in [1.807, 2.05) is 0 Å². The third kappa shape index (κ3) is 2.32. The predicted octanol–water partition coefficient (Wildman–Crippen LogP) is 2.35. The molecule has 0 atom stereocenters. The van der Waals surface area contributed by atoms with E-state index in [-0.39, 0.29) is 21.8 Å². The number of carbonyl (C=O) groups excluding carboxylic acids is 1. The SMILES string of the molecule is O=C/C(=C/O)c1ccc(Cl)cc1[N+](=O)[O-]. The van der Waals surface area contributed by atoms with Gasteiger partial charge in [-0.3, -0.25) is 14.9 Å². The van der Waals surface area contributed by atoms with E-state index in [0.717, 1.165) is 6.07 Å². The molecule has 78 valence electrons. The number of allylic oxidation sites excluding steroid dienone is 1. The summed E-state index contributed by atoms with van der Waals surface area (Å²) in [7, 11) is 0. The zero-order valence-electron chi connectivity index (χ0n) is 7.38. The average Bonchev–Trinajstić information content (AvgIpc) is 2.21. The second kappa shape index (κ2) is 4.56. The van der Waals surface area contributed by atoms with Gasteiger partial charge in [-0.25, -0.2) is 0 Å². The van der Waals surface area contributed by atoms with Crippen LogP contribution in [-0.4, -0.2) is 16.3 Å². The van der Waals surface area contributed by atoms with Crippen LogP contribution in [0.3, 0.4) is 0 Å². The molecule has 0 heterocycles. The Morgan fingerprint density at radius 1 is 1.53 bits per heavy atom. The van der Waals surface area contributed by atoms with Crippen molar-refractivity contribution in [3.8, 4) is 0 Å². The van der Waals surface area contributed by atoms with Crippen LogP contribution in [0.1, 0.15) is 5.56 Å². The van der Waals surface area contributed by atoms with Crippen LogP contribution in [0.4, 0.5) is 5.69 Å². The first-order chi connectivity index (χ1) is 7.10. The van der Waals surface area contributed by atoms with E-state index < -0.39 is 4.92 Å². The summed E-state index contributed by atoms with van der Waals surface area (Å²) in [6.07, 6.45) is 0.847. The van der Waals surface area contributed by atoms with Crippen LogP contribution in [0.15, 0.2) is 24.5 Å². The summed E-state index contributed by atoms with van der Waals surface area (Å²) >= 11 is 5.58. The molecule has 0 aliphatic heterocycles. The lowest BCUT2D eigenvalue weighted by molar-refractivity contribution is -0.385. The largest absolute Gasteiger partial charge is 0.515 e. The molecule has 1 rings (SSSR count). The summed E-state index contributed by atoms with van der Waals surface area (Å²) < 4.78 is 0. The summed E-state index contributed by atoms with van der Waals surface area (Å²) in [6, 6.07) is 3.82. The number of hydrogen-bond acceptors (Lipinski definition) is 4. The van der Waals surface area contributed by atoms with Crippen LogP contribution in [-0.2, 0) is 4.79 Å². The van der Waals surface area contributed by atoms with E-state index in [9.17, 15) is 14.9 Å². The zero-order valence-corrected chi connectivity index (χ0v) is 8.14. The minimum Gasteiger partial charge on any atom is -0.515 e. The topological polar surface area (TPSA) is 80.4 Å². The van der Waals surface area contributed by atoms with Gasteiger partial charge in [0.05, 0.1) is 22.3 Å². The smallest absolute Gasteiger partial charge is 0.278 e. The molecule has 0 unspecified atom stereocenters. The molecule has 5 nitrogen and oxygen atoms in total. The fourth-order valence-electron chi connectivity index (χ4n) is 1.06. The van der Waals surface area contributed by atoms with E-state index in [0.29, 0.717) is 12.5 Å². The van der Waals surface area contributed by atoms with E-state index in [4.69, 9.17) is 16.7 Å². The quantitative estimate of drug-likeness (QED) is 0.283. The van der Waals surface area contributed by atoms with Crippen molar-refractivity contribution in [2.24, 2.45) is 0 Å². The Bertz CT molecular complexity index is 442.